The summed E-state index contributed by atoms with van der Waals surface area (Å²) in [5.74, 6) is -1.97. The molecule has 3 aromatic rings. The Kier molecular flexibility index (Phi) is 9.22. The summed E-state index contributed by atoms with van der Waals surface area (Å²) in [6.45, 7) is 5.35. The summed E-state index contributed by atoms with van der Waals surface area (Å²) >= 11 is 0. The Hall–Kier alpha value is -4.17. The summed E-state index contributed by atoms with van der Waals surface area (Å²) < 4.78 is 11.4. The van der Waals surface area contributed by atoms with Crippen molar-refractivity contribution in [3.05, 3.63) is 95.6 Å². The van der Waals surface area contributed by atoms with Gasteiger partial charge in [-0.15, -0.1) is 0 Å². The number of carbonyl (C=O) groups excluding carboxylic acids is 2. The van der Waals surface area contributed by atoms with Crippen molar-refractivity contribution in [1.29, 1.82) is 0 Å². The molecule has 0 saturated carbocycles. The van der Waals surface area contributed by atoms with E-state index in [2.05, 4.69) is 22.8 Å². The lowest BCUT2D eigenvalue weighted by atomic mass is 9.94. The molecule has 0 radical (unpaired) electrons. The zero-order chi connectivity index (χ0) is 28.7. The van der Waals surface area contributed by atoms with Crippen molar-refractivity contribution in [1.82, 2.24) is 10.6 Å². The number of carbonyl (C=O) groups is 3. The minimum atomic E-state index is -1.38. The van der Waals surface area contributed by atoms with Crippen molar-refractivity contribution in [2.24, 2.45) is 0 Å². The molecule has 0 saturated heterocycles. The molecule has 2 amide bonds. The number of carboxylic acid groups (broad SMARTS) is 1. The predicted molar refractivity (Wildman–Crippen MR) is 152 cm³/mol. The minimum Gasteiger partial charge on any atom is -0.480 e. The Labute approximate surface area is 234 Å². The number of carboxylic acids is 1. The average molecular weight is 545 g/mol. The van der Waals surface area contributed by atoms with Crippen LogP contribution in [0.1, 0.15) is 56.2 Å². The van der Waals surface area contributed by atoms with Gasteiger partial charge in [0.2, 0.25) is 5.91 Å². The van der Waals surface area contributed by atoms with E-state index in [1.54, 1.807) is 13.8 Å². The minimum absolute atomic E-state index is 0.103. The molecule has 0 aliphatic heterocycles. The van der Waals surface area contributed by atoms with E-state index < -0.39 is 35.7 Å². The van der Waals surface area contributed by atoms with Gasteiger partial charge >= 0.3 is 12.1 Å². The number of alkyl carbamates (subject to hydrolysis) is 1. The quantitative estimate of drug-likeness (QED) is 0.287. The van der Waals surface area contributed by atoms with Crippen molar-refractivity contribution in [3.63, 3.8) is 0 Å². The van der Waals surface area contributed by atoms with Gasteiger partial charge in [-0.3, -0.25) is 4.79 Å². The highest BCUT2D eigenvalue weighted by Gasteiger charge is 2.39. The van der Waals surface area contributed by atoms with E-state index in [4.69, 9.17) is 9.47 Å². The predicted octanol–water partition coefficient (Wildman–Crippen LogP) is 5.26. The van der Waals surface area contributed by atoms with Gasteiger partial charge < -0.3 is 25.2 Å². The Balaban J connectivity index is 1.40. The van der Waals surface area contributed by atoms with Crippen LogP contribution in [0.25, 0.3) is 11.1 Å². The van der Waals surface area contributed by atoms with Crippen LogP contribution in [0.4, 0.5) is 4.79 Å². The van der Waals surface area contributed by atoms with Crippen LogP contribution in [-0.4, -0.2) is 47.4 Å². The van der Waals surface area contributed by atoms with E-state index in [1.807, 2.05) is 73.7 Å². The van der Waals surface area contributed by atoms with Gasteiger partial charge in [-0.2, -0.15) is 0 Å². The highest BCUT2D eigenvalue weighted by molar-refractivity contribution is 5.92. The topological polar surface area (TPSA) is 114 Å². The lowest BCUT2D eigenvalue weighted by Gasteiger charge is -2.31. The second-order valence-electron chi connectivity index (χ2n) is 10.3. The van der Waals surface area contributed by atoms with E-state index in [0.29, 0.717) is 6.42 Å². The molecule has 3 atom stereocenters. The second-order valence-corrected chi connectivity index (χ2v) is 10.3. The summed E-state index contributed by atoms with van der Waals surface area (Å²) in [5.41, 5.74) is 3.90. The van der Waals surface area contributed by atoms with Crippen LogP contribution in [0, 0.1) is 0 Å². The van der Waals surface area contributed by atoms with Crippen LogP contribution < -0.4 is 10.6 Å². The SMILES string of the molecule is CCCC(C)(NC(=O)OCC1c2ccccc2-c2ccccc21)C(=O)N[C@@H](C(=O)O)[C@H](C)OCc1ccccc1. The number of aliphatic carboxylic acids is 1. The fraction of sp³-hybridized carbons (Fsp3) is 0.344. The summed E-state index contributed by atoms with van der Waals surface area (Å²) in [7, 11) is 0. The number of amides is 2. The van der Waals surface area contributed by atoms with Gasteiger partial charge in [-0.05, 0) is 48.1 Å². The molecule has 0 bridgehead atoms. The van der Waals surface area contributed by atoms with Crippen molar-refractivity contribution in [2.75, 3.05) is 6.61 Å². The lowest BCUT2D eigenvalue weighted by Crippen LogP contribution is -2.61. The van der Waals surface area contributed by atoms with Crippen LogP contribution in [0.15, 0.2) is 78.9 Å². The molecule has 1 unspecified atom stereocenters. The molecule has 0 heterocycles. The number of ether oxygens (including phenoxy) is 2. The first-order valence-electron chi connectivity index (χ1n) is 13.6. The number of rotatable bonds is 12. The van der Waals surface area contributed by atoms with Crippen molar-refractivity contribution in [2.45, 2.75) is 63.8 Å². The Bertz CT molecular complexity index is 1300. The lowest BCUT2D eigenvalue weighted by molar-refractivity contribution is -0.147. The van der Waals surface area contributed by atoms with Gasteiger partial charge in [0.15, 0.2) is 6.04 Å². The van der Waals surface area contributed by atoms with Crippen molar-refractivity contribution < 1.29 is 29.0 Å². The highest BCUT2D eigenvalue weighted by atomic mass is 16.5. The molecule has 3 aromatic carbocycles. The zero-order valence-corrected chi connectivity index (χ0v) is 23.1. The van der Waals surface area contributed by atoms with Gasteiger partial charge in [0.1, 0.15) is 12.1 Å². The molecule has 1 aliphatic carbocycles. The summed E-state index contributed by atoms with van der Waals surface area (Å²) in [4.78, 5) is 38.4. The standard InChI is InChI=1S/C32H36N2O6/c1-4-18-32(3,30(37)33-28(29(35)36)21(2)39-19-22-12-6-5-7-13-22)34-31(38)40-20-27-25-16-10-8-14-23(25)24-15-9-11-17-26(24)27/h5-17,21,27-28H,4,18-20H2,1-3H3,(H,33,37)(H,34,38)(H,35,36)/t21-,28+,32?/m0/s1. The Morgan fingerprint density at radius 2 is 1.50 bits per heavy atom. The highest BCUT2D eigenvalue weighted by Crippen LogP contribution is 2.44. The summed E-state index contributed by atoms with van der Waals surface area (Å²) in [6, 6.07) is 24.1. The Morgan fingerprint density at radius 3 is 2.08 bits per heavy atom. The van der Waals surface area contributed by atoms with Crippen LogP contribution in [0.2, 0.25) is 0 Å². The largest absolute Gasteiger partial charge is 0.480 e. The van der Waals surface area contributed by atoms with Crippen molar-refractivity contribution in [3.8, 4) is 11.1 Å². The molecule has 8 heteroatoms. The molecule has 0 aromatic heterocycles. The van der Waals surface area contributed by atoms with Crippen LogP contribution >= 0.6 is 0 Å². The summed E-state index contributed by atoms with van der Waals surface area (Å²) in [6.07, 6.45) is -0.699. The number of benzene rings is 3. The molecule has 40 heavy (non-hydrogen) atoms. The monoisotopic (exact) mass is 544 g/mol. The third kappa shape index (κ3) is 6.51. The van der Waals surface area contributed by atoms with Crippen LogP contribution in [0.3, 0.4) is 0 Å². The molecular weight excluding hydrogens is 508 g/mol. The zero-order valence-electron chi connectivity index (χ0n) is 23.1. The van der Waals surface area contributed by atoms with Gasteiger partial charge in [-0.25, -0.2) is 9.59 Å². The van der Waals surface area contributed by atoms with Crippen LogP contribution in [-0.2, 0) is 25.7 Å². The molecule has 8 nitrogen and oxygen atoms in total. The van der Waals surface area contributed by atoms with Gasteiger partial charge in [0, 0.05) is 5.92 Å². The van der Waals surface area contributed by atoms with E-state index >= 15 is 0 Å². The van der Waals surface area contributed by atoms with Gasteiger partial charge in [0.25, 0.3) is 0 Å². The van der Waals surface area contributed by atoms with E-state index in [9.17, 15) is 19.5 Å². The smallest absolute Gasteiger partial charge is 0.408 e. The molecular formula is C32H36N2O6. The average Bonchev–Trinajstić information content (AvgIpc) is 3.27. The first-order valence-corrected chi connectivity index (χ1v) is 13.6. The normalized spacial score (nSPS) is 15.2. The van der Waals surface area contributed by atoms with Crippen LogP contribution in [0.5, 0.6) is 0 Å². The van der Waals surface area contributed by atoms with Gasteiger partial charge in [0.05, 0.1) is 12.7 Å². The van der Waals surface area contributed by atoms with E-state index in [0.717, 1.165) is 27.8 Å². The van der Waals surface area contributed by atoms with Gasteiger partial charge in [-0.1, -0.05) is 92.2 Å². The van der Waals surface area contributed by atoms with E-state index in [-0.39, 0.29) is 25.6 Å². The first kappa shape index (κ1) is 28.8. The third-order valence-electron chi connectivity index (χ3n) is 7.35. The molecule has 3 N–H and O–H groups in total. The maximum absolute atomic E-state index is 13.4. The second kappa shape index (κ2) is 12.8. The maximum Gasteiger partial charge on any atom is 0.408 e. The number of nitrogens with one attached hydrogen (secondary N) is 2. The first-order chi connectivity index (χ1) is 19.2. The third-order valence-corrected chi connectivity index (χ3v) is 7.35. The molecule has 210 valence electrons. The molecule has 0 fully saturated rings. The summed E-state index contributed by atoms with van der Waals surface area (Å²) in [5, 5.41) is 15.1. The molecule has 1 aliphatic rings. The number of hydrogen-bond donors (Lipinski definition) is 3. The fourth-order valence-corrected chi connectivity index (χ4v) is 5.17. The maximum atomic E-state index is 13.4. The van der Waals surface area contributed by atoms with Crippen molar-refractivity contribution >= 4 is 18.0 Å². The number of hydrogen-bond acceptors (Lipinski definition) is 5. The number of fused-ring (bicyclic) bond motifs is 3. The van der Waals surface area contributed by atoms with E-state index in [1.165, 1.54) is 0 Å². The molecule has 4 rings (SSSR count). The molecule has 0 spiro atoms. The Morgan fingerprint density at radius 1 is 0.925 bits per heavy atom. The fourth-order valence-electron chi connectivity index (χ4n) is 5.17.